The summed E-state index contributed by atoms with van der Waals surface area (Å²) in [4.78, 5) is 10.4. The monoisotopic (exact) mass is 238 g/mol. The van der Waals surface area contributed by atoms with Crippen LogP contribution in [0.5, 0.6) is 0 Å². The van der Waals surface area contributed by atoms with Crippen LogP contribution in [0.2, 0.25) is 0 Å². The molecule has 0 radical (unpaired) electrons. The zero-order valence-corrected chi connectivity index (χ0v) is 11.3. The number of unbranched alkanes of at least 4 members (excludes halogenated alkanes) is 6. The number of hydrogen-bond acceptors (Lipinski definition) is 2. The highest BCUT2D eigenvalue weighted by molar-refractivity contribution is 5.66. The molecule has 98 valence electrons. The Labute approximate surface area is 106 Å². The van der Waals surface area contributed by atoms with Gasteiger partial charge in [0, 0.05) is 6.92 Å². The first-order valence-corrected chi connectivity index (χ1v) is 6.74. The number of ether oxygens (including phenoxy) is 1. The van der Waals surface area contributed by atoms with E-state index in [9.17, 15) is 4.79 Å². The molecule has 0 heterocycles. The van der Waals surface area contributed by atoms with E-state index in [1.54, 1.807) is 0 Å². The molecule has 0 spiro atoms. The Morgan fingerprint density at radius 3 is 2.00 bits per heavy atom. The maximum Gasteiger partial charge on any atom is 0.307 e. The van der Waals surface area contributed by atoms with Crippen LogP contribution in [0.25, 0.3) is 0 Å². The summed E-state index contributed by atoms with van der Waals surface area (Å²) in [5, 5.41) is 0. The Balaban J connectivity index is 3.17. The molecule has 2 nitrogen and oxygen atoms in total. The molecule has 0 aliphatic heterocycles. The molecule has 0 saturated carbocycles. The Morgan fingerprint density at radius 1 is 0.941 bits per heavy atom. The summed E-state index contributed by atoms with van der Waals surface area (Å²) < 4.78 is 4.69. The standard InChI is InChI=1S/C15H26O2/c1-3-4-5-6-7-8-9-10-11-12-13-14-17-15(2)16/h7-8,13-14H,3-6,9-12H2,1-2H3. The maximum absolute atomic E-state index is 10.4. The van der Waals surface area contributed by atoms with Gasteiger partial charge in [-0.15, -0.1) is 0 Å². The quantitative estimate of drug-likeness (QED) is 0.237. The van der Waals surface area contributed by atoms with Crippen LogP contribution in [0.1, 0.15) is 65.2 Å². The van der Waals surface area contributed by atoms with Gasteiger partial charge in [0.1, 0.15) is 0 Å². The number of carbonyl (C=O) groups excluding carboxylic acids is 1. The SMILES string of the molecule is CCCCCC=CCCCCC=COC(C)=O. The lowest BCUT2D eigenvalue weighted by molar-refractivity contribution is -0.135. The summed E-state index contributed by atoms with van der Waals surface area (Å²) in [6.45, 7) is 3.64. The molecule has 0 N–H and O–H groups in total. The molecule has 17 heavy (non-hydrogen) atoms. The van der Waals surface area contributed by atoms with Crippen molar-refractivity contribution < 1.29 is 9.53 Å². The fraction of sp³-hybridized carbons (Fsp3) is 0.667. The molecule has 2 heteroatoms. The predicted octanol–water partition coefficient (Wildman–Crippen LogP) is 4.76. The van der Waals surface area contributed by atoms with E-state index < -0.39 is 0 Å². The number of hydrogen-bond donors (Lipinski definition) is 0. The molecule has 0 aromatic heterocycles. The molecule has 0 atom stereocenters. The number of rotatable bonds is 10. The Hall–Kier alpha value is -1.05. The lowest BCUT2D eigenvalue weighted by Crippen LogP contribution is -1.89. The molecule has 0 rings (SSSR count). The highest BCUT2D eigenvalue weighted by Crippen LogP contribution is 2.04. The molecule has 0 fully saturated rings. The van der Waals surface area contributed by atoms with Gasteiger partial charge in [-0.2, -0.15) is 0 Å². The van der Waals surface area contributed by atoms with Gasteiger partial charge in [-0.1, -0.05) is 31.9 Å². The van der Waals surface area contributed by atoms with Crippen molar-refractivity contribution in [2.75, 3.05) is 0 Å². The minimum atomic E-state index is -0.253. The molecule has 0 unspecified atom stereocenters. The zero-order valence-electron chi connectivity index (χ0n) is 11.3. The number of carbonyl (C=O) groups is 1. The first-order valence-electron chi connectivity index (χ1n) is 6.74. The van der Waals surface area contributed by atoms with Gasteiger partial charge in [0.15, 0.2) is 0 Å². The van der Waals surface area contributed by atoms with Crippen molar-refractivity contribution in [1.82, 2.24) is 0 Å². The first-order chi connectivity index (χ1) is 8.27. The Bertz CT molecular complexity index is 229. The van der Waals surface area contributed by atoms with Crippen molar-refractivity contribution in [3.05, 3.63) is 24.5 Å². The maximum atomic E-state index is 10.4. The van der Waals surface area contributed by atoms with E-state index >= 15 is 0 Å². The van der Waals surface area contributed by atoms with Gasteiger partial charge in [-0.25, -0.2) is 0 Å². The van der Waals surface area contributed by atoms with Crippen LogP contribution in [-0.4, -0.2) is 5.97 Å². The number of esters is 1. The summed E-state index contributed by atoms with van der Waals surface area (Å²) in [5.74, 6) is -0.253. The van der Waals surface area contributed by atoms with Crippen LogP contribution in [0.15, 0.2) is 24.5 Å². The van der Waals surface area contributed by atoms with Crippen LogP contribution in [0, 0.1) is 0 Å². The van der Waals surface area contributed by atoms with Crippen LogP contribution in [0.4, 0.5) is 0 Å². The van der Waals surface area contributed by atoms with E-state index in [4.69, 9.17) is 4.74 Å². The molecule has 0 amide bonds. The summed E-state index contributed by atoms with van der Waals surface area (Å²) in [5.41, 5.74) is 0. The van der Waals surface area contributed by atoms with Crippen molar-refractivity contribution in [2.45, 2.75) is 65.2 Å². The van der Waals surface area contributed by atoms with Gasteiger partial charge < -0.3 is 4.74 Å². The van der Waals surface area contributed by atoms with Gasteiger partial charge in [0.2, 0.25) is 0 Å². The number of allylic oxidation sites excluding steroid dienone is 3. The van der Waals surface area contributed by atoms with Crippen molar-refractivity contribution in [3.8, 4) is 0 Å². The second kappa shape index (κ2) is 13.0. The van der Waals surface area contributed by atoms with E-state index in [0.717, 1.165) is 19.3 Å². The molecule has 0 aromatic rings. The molecular formula is C15H26O2. The van der Waals surface area contributed by atoms with Crippen molar-refractivity contribution in [3.63, 3.8) is 0 Å². The third-order valence-electron chi connectivity index (χ3n) is 2.46. The van der Waals surface area contributed by atoms with E-state index in [-0.39, 0.29) is 5.97 Å². The molecule has 0 aromatic carbocycles. The molecule has 0 aliphatic rings. The molecule has 0 saturated heterocycles. The third-order valence-corrected chi connectivity index (χ3v) is 2.46. The lowest BCUT2D eigenvalue weighted by atomic mass is 10.1. The smallest absolute Gasteiger partial charge is 0.307 e. The normalized spacial score (nSPS) is 11.4. The topological polar surface area (TPSA) is 26.3 Å². The van der Waals surface area contributed by atoms with Gasteiger partial charge in [0.25, 0.3) is 0 Å². The van der Waals surface area contributed by atoms with Crippen LogP contribution < -0.4 is 0 Å². The molecule has 0 aliphatic carbocycles. The summed E-state index contributed by atoms with van der Waals surface area (Å²) in [6.07, 6.45) is 17.6. The van der Waals surface area contributed by atoms with Crippen molar-refractivity contribution in [2.24, 2.45) is 0 Å². The zero-order chi connectivity index (χ0) is 12.8. The highest BCUT2D eigenvalue weighted by Gasteiger charge is 1.86. The second-order valence-corrected chi connectivity index (χ2v) is 4.23. The van der Waals surface area contributed by atoms with E-state index in [2.05, 4.69) is 19.1 Å². The van der Waals surface area contributed by atoms with Crippen LogP contribution in [0.3, 0.4) is 0 Å². The largest absolute Gasteiger partial charge is 0.435 e. The molecular weight excluding hydrogens is 212 g/mol. The fourth-order valence-electron chi connectivity index (χ4n) is 1.48. The summed E-state index contributed by atoms with van der Waals surface area (Å²) >= 11 is 0. The molecule has 0 bridgehead atoms. The van der Waals surface area contributed by atoms with Crippen molar-refractivity contribution >= 4 is 5.97 Å². The minimum absolute atomic E-state index is 0.253. The fourth-order valence-corrected chi connectivity index (χ4v) is 1.48. The third kappa shape index (κ3) is 14.9. The Morgan fingerprint density at radius 2 is 1.47 bits per heavy atom. The Kier molecular flexibility index (Phi) is 12.2. The van der Waals surface area contributed by atoms with E-state index in [1.807, 2.05) is 6.08 Å². The van der Waals surface area contributed by atoms with E-state index in [1.165, 1.54) is 45.3 Å². The van der Waals surface area contributed by atoms with Gasteiger partial charge in [0.05, 0.1) is 6.26 Å². The highest BCUT2D eigenvalue weighted by atomic mass is 16.5. The van der Waals surface area contributed by atoms with Gasteiger partial charge in [-0.3, -0.25) is 4.79 Å². The van der Waals surface area contributed by atoms with Gasteiger partial charge in [-0.05, 0) is 44.6 Å². The average Bonchev–Trinajstić information content (AvgIpc) is 2.30. The van der Waals surface area contributed by atoms with Crippen molar-refractivity contribution in [1.29, 1.82) is 0 Å². The van der Waals surface area contributed by atoms with Gasteiger partial charge >= 0.3 is 5.97 Å². The average molecular weight is 238 g/mol. The predicted molar refractivity (Wildman–Crippen MR) is 72.7 cm³/mol. The minimum Gasteiger partial charge on any atom is -0.435 e. The van der Waals surface area contributed by atoms with Crippen LogP contribution in [-0.2, 0) is 9.53 Å². The van der Waals surface area contributed by atoms with E-state index in [0.29, 0.717) is 0 Å². The van der Waals surface area contributed by atoms with Crippen LogP contribution >= 0.6 is 0 Å². The summed E-state index contributed by atoms with van der Waals surface area (Å²) in [7, 11) is 0. The summed E-state index contributed by atoms with van der Waals surface area (Å²) in [6, 6.07) is 0. The lowest BCUT2D eigenvalue weighted by Gasteiger charge is -1.94. The first kappa shape index (κ1) is 16.0. The second-order valence-electron chi connectivity index (χ2n) is 4.23.